The zero-order valence-corrected chi connectivity index (χ0v) is 13.8. The van der Waals surface area contributed by atoms with Crippen LogP contribution in [-0.2, 0) is 14.4 Å². The van der Waals surface area contributed by atoms with E-state index < -0.39 is 12.1 Å². The van der Waals surface area contributed by atoms with E-state index in [4.69, 9.17) is 14.7 Å². The van der Waals surface area contributed by atoms with Gasteiger partial charge in [0.25, 0.3) is 0 Å². The number of aliphatic carboxylic acids is 1. The van der Waals surface area contributed by atoms with Crippen LogP contribution >= 0.6 is 0 Å². The zero-order valence-electron chi connectivity index (χ0n) is 13.8. The van der Waals surface area contributed by atoms with Crippen molar-refractivity contribution in [2.24, 2.45) is 5.92 Å². The molecule has 2 saturated heterocycles. The number of carboxylic acid groups (broad SMARTS) is 1. The Balaban J connectivity index is 0.000000298. The molecule has 0 saturated carbocycles. The second-order valence-electron chi connectivity index (χ2n) is 5.76. The molecule has 0 bridgehead atoms. The summed E-state index contributed by atoms with van der Waals surface area (Å²) in [4.78, 5) is 35.3. The van der Waals surface area contributed by atoms with Crippen molar-refractivity contribution in [2.75, 3.05) is 19.7 Å². The highest BCUT2D eigenvalue weighted by Gasteiger charge is 2.38. The van der Waals surface area contributed by atoms with E-state index in [0.29, 0.717) is 6.61 Å². The molecule has 3 heterocycles. The Kier molecular flexibility index (Phi) is 6.86. The second-order valence-corrected chi connectivity index (χ2v) is 5.76. The van der Waals surface area contributed by atoms with Gasteiger partial charge in [-0.25, -0.2) is 9.86 Å². The van der Waals surface area contributed by atoms with E-state index in [2.05, 4.69) is 15.3 Å². The maximum Gasteiger partial charge on any atom is 0.490 e. The van der Waals surface area contributed by atoms with Crippen LogP contribution in [0, 0.1) is 5.92 Å². The van der Waals surface area contributed by atoms with Crippen LogP contribution in [0.15, 0.2) is 18.6 Å². The number of rotatable bonds is 2. The average Bonchev–Trinajstić information content (AvgIpc) is 3.12. The Morgan fingerprint density at radius 2 is 1.88 bits per heavy atom. The predicted molar refractivity (Wildman–Crippen MR) is 81.5 cm³/mol. The van der Waals surface area contributed by atoms with Gasteiger partial charge in [-0.15, -0.1) is 0 Å². The molecule has 0 radical (unpaired) electrons. The van der Waals surface area contributed by atoms with Gasteiger partial charge in [-0.3, -0.25) is 19.6 Å². The fourth-order valence-electron chi connectivity index (χ4n) is 2.69. The molecule has 2 N–H and O–H groups in total. The predicted octanol–water partition coefficient (Wildman–Crippen LogP) is 1.31. The van der Waals surface area contributed by atoms with E-state index in [0.717, 1.165) is 38.0 Å². The van der Waals surface area contributed by atoms with Gasteiger partial charge in [-0.1, -0.05) is 0 Å². The summed E-state index contributed by atoms with van der Waals surface area (Å²) in [5.74, 6) is -2.60. The summed E-state index contributed by atoms with van der Waals surface area (Å²) < 4.78 is 31.7. The monoisotopic (exact) mass is 376 g/mol. The smallest absolute Gasteiger partial charge is 0.475 e. The van der Waals surface area contributed by atoms with Gasteiger partial charge < -0.3 is 10.4 Å². The minimum atomic E-state index is -5.08. The SMILES string of the molecule is O=C(C1CCNCC1)N1OCC[C@H]1c1cnccn1.O=C(O)C(F)(F)F. The summed E-state index contributed by atoms with van der Waals surface area (Å²) in [6.07, 6.45) is 2.47. The van der Waals surface area contributed by atoms with E-state index in [-0.39, 0.29) is 17.9 Å². The summed E-state index contributed by atoms with van der Waals surface area (Å²) >= 11 is 0. The third kappa shape index (κ3) is 5.36. The molecule has 144 valence electrons. The van der Waals surface area contributed by atoms with E-state index >= 15 is 0 Å². The highest BCUT2D eigenvalue weighted by Crippen LogP contribution is 2.31. The Morgan fingerprint density at radius 3 is 2.42 bits per heavy atom. The fourth-order valence-corrected chi connectivity index (χ4v) is 2.69. The van der Waals surface area contributed by atoms with Crippen molar-refractivity contribution < 1.29 is 32.7 Å². The third-order valence-electron chi connectivity index (χ3n) is 3.98. The highest BCUT2D eigenvalue weighted by atomic mass is 19.4. The van der Waals surface area contributed by atoms with Crippen molar-refractivity contribution >= 4 is 11.9 Å². The molecule has 1 aromatic heterocycles. The third-order valence-corrected chi connectivity index (χ3v) is 3.98. The van der Waals surface area contributed by atoms with Crippen LogP contribution in [0.4, 0.5) is 13.2 Å². The van der Waals surface area contributed by atoms with Gasteiger partial charge in [0.15, 0.2) is 0 Å². The number of nitrogens with zero attached hydrogens (tertiary/aromatic N) is 3. The van der Waals surface area contributed by atoms with Gasteiger partial charge in [0, 0.05) is 24.7 Å². The van der Waals surface area contributed by atoms with Gasteiger partial charge in [-0.2, -0.15) is 13.2 Å². The van der Waals surface area contributed by atoms with Crippen LogP contribution in [0.2, 0.25) is 0 Å². The first-order valence-corrected chi connectivity index (χ1v) is 8.03. The molecule has 11 heteroatoms. The number of aromatic nitrogens is 2. The van der Waals surface area contributed by atoms with Crippen LogP contribution < -0.4 is 5.32 Å². The van der Waals surface area contributed by atoms with Gasteiger partial charge in [0.1, 0.15) is 6.04 Å². The van der Waals surface area contributed by atoms with E-state index in [1.54, 1.807) is 18.6 Å². The largest absolute Gasteiger partial charge is 0.490 e. The summed E-state index contributed by atoms with van der Waals surface area (Å²) in [6.45, 7) is 2.37. The molecular formula is C15H19F3N4O4. The minimum Gasteiger partial charge on any atom is -0.475 e. The molecule has 2 aliphatic heterocycles. The molecule has 1 amide bonds. The number of amides is 1. The lowest BCUT2D eigenvalue weighted by atomic mass is 9.96. The number of piperidine rings is 1. The lowest BCUT2D eigenvalue weighted by molar-refractivity contribution is -0.192. The average molecular weight is 376 g/mol. The van der Waals surface area contributed by atoms with Crippen LogP contribution in [0.5, 0.6) is 0 Å². The summed E-state index contributed by atoms with van der Waals surface area (Å²) in [7, 11) is 0. The lowest BCUT2D eigenvalue weighted by Gasteiger charge is -2.28. The molecule has 2 fully saturated rings. The van der Waals surface area contributed by atoms with Crippen LogP contribution in [0.3, 0.4) is 0 Å². The first-order valence-electron chi connectivity index (χ1n) is 8.03. The number of carbonyl (C=O) groups is 2. The molecule has 0 spiro atoms. The number of alkyl halides is 3. The molecule has 0 unspecified atom stereocenters. The van der Waals surface area contributed by atoms with Crippen LogP contribution in [0.25, 0.3) is 0 Å². The molecule has 8 nitrogen and oxygen atoms in total. The number of hydroxylamine groups is 2. The van der Waals surface area contributed by atoms with E-state index in [1.165, 1.54) is 5.06 Å². The molecule has 0 aliphatic carbocycles. The van der Waals surface area contributed by atoms with Crippen LogP contribution in [0.1, 0.15) is 31.0 Å². The first kappa shape index (κ1) is 20.0. The number of hydrogen-bond acceptors (Lipinski definition) is 6. The topological polar surface area (TPSA) is 105 Å². The molecule has 1 aromatic rings. The molecule has 3 rings (SSSR count). The second kappa shape index (κ2) is 8.90. The van der Waals surface area contributed by atoms with Gasteiger partial charge in [0.2, 0.25) is 5.91 Å². The number of halogens is 3. The maximum absolute atomic E-state index is 12.5. The summed E-state index contributed by atoms with van der Waals surface area (Å²) in [6, 6.07) is -0.0870. The maximum atomic E-state index is 12.5. The standard InChI is InChI=1S/C13H18N4O2.C2HF3O2/c18-13(10-1-4-14-5-2-10)17-12(3-8-19-17)11-9-15-6-7-16-11;3-2(4,5)1(6)7/h6-7,9-10,12,14H,1-5,8H2;(H,6,7)/t12-;/m0./s1. The van der Waals surface area contributed by atoms with E-state index in [1.807, 2.05) is 0 Å². The Labute approximate surface area is 147 Å². The quantitative estimate of drug-likeness (QED) is 0.802. The van der Waals surface area contributed by atoms with Crippen molar-refractivity contribution in [3.05, 3.63) is 24.3 Å². The number of hydrogen-bond donors (Lipinski definition) is 2. The molecule has 26 heavy (non-hydrogen) atoms. The number of nitrogens with one attached hydrogen (secondary N) is 1. The van der Waals surface area contributed by atoms with Gasteiger partial charge in [0.05, 0.1) is 18.5 Å². The van der Waals surface area contributed by atoms with Crippen molar-refractivity contribution in [3.8, 4) is 0 Å². The minimum absolute atomic E-state index is 0.0681. The Bertz CT molecular complexity index is 609. The Hall–Kier alpha value is -2.27. The molecular weight excluding hydrogens is 357 g/mol. The van der Waals surface area contributed by atoms with Gasteiger partial charge >= 0.3 is 12.1 Å². The highest BCUT2D eigenvalue weighted by molar-refractivity contribution is 5.78. The Morgan fingerprint density at radius 1 is 1.23 bits per heavy atom. The summed E-state index contributed by atoms with van der Waals surface area (Å²) in [5, 5.41) is 11.9. The van der Waals surface area contributed by atoms with E-state index in [9.17, 15) is 18.0 Å². The lowest BCUT2D eigenvalue weighted by Crippen LogP contribution is -2.40. The molecule has 0 aromatic carbocycles. The van der Waals surface area contributed by atoms with Crippen molar-refractivity contribution in [1.82, 2.24) is 20.3 Å². The number of carbonyl (C=O) groups excluding carboxylic acids is 1. The summed E-state index contributed by atoms with van der Waals surface area (Å²) in [5.41, 5.74) is 0.808. The normalized spacial score (nSPS) is 21.0. The zero-order chi connectivity index (χ0) is 19.2. The molecule has 1 atom stereocenters. The number of carboxylic acids is 1. The fraction of sp³-hybridized carbons (Fsp3) is 0.600. The van der Waals surface area contributed by atoms with Crippen molar-refractivity contribution in [1.29, 1.82) is 0 Å². The van der Waals surface area contributed by atoms with Crippen molar-refractivity contribution in [2.45, 2.75) is 31.5 Å². The van der Waals surface area contributed by atoms with Crippen molar-refractivity contribution in [3.63, 3.8) is 0 Å². The first-order chi connectivity index (χ1) is 12.3. The van der Waals surface area contributed by atoms with Crippen LogP contribution in [-0.4, -0.2) is 57.9 Å². The molecule has 2 aliphatic rings. The van der Waals surface area contributed by atoms with Gasteiger partial charge in [-0.05, 0) is 25.9 Å².